The molecule has 1 aliphatic heterocycles. The molecule has 1 aromatic rings. The van der Waals surface area contributed by atoms with Crippen LogP contribution in [0.3, 0.4) is 0 Å². The number of anilines is 1. The van der Waals surface area contributed by atoms with Gasteiger partial charge in [-0.05, 0) is 34.7 Å². The van der Waals surface area contributed by atoms with Crippen LogP contribution >= 0.6 is 22.6 Å². The first-order valence-electron chi connectivity index (χ1n) is 6.81. The largest absolute Gasteiger partial charge is 0.466 e. The topological polar surface area (TPSA) is 103 Å². The Balaban J connectivity index is 2.45. The van der Waals surface area contributed by atoms with Crippen molar-refractivity contribution in [2.24, 2.45) is 0 Å². The molecule has 0 saturated carbocycles. The van der Waals surface area contributed by atoms with Crippen molar-refractivity contribution in [3.8, 4) is 6.07 Å². The summed E-state index contributed by atoms with van der Waals surface area (Å²) in [6, 6.07) is 4.64. The van der Waals surface area contributed by atoms with E-state index in [9.17, 15) is 14.0 Å². The Morgan fingerprint density at radius 2 is 2.29 bits per heavy atom. The zero-order valence-corrected chi connectivity index (χ0v) is 14.8. The van der Waals surface area contributed by atoms with E-state index in [1.165, 1.54) is 24.1 Å². The maximum absolute atomic E-state index is 14.0. The third-order valence-corrected chi connectivity index (χ3v) is 4.25. The predicted octanol–water partition coefficient (Wildman–Crippen LogP) is 0.975. The van der Waals surface area contributed by atoms with Crippen molar-refractivity contribution >= 4 is 40.2 Å². The summed E-state index contributed by atoms with van der Waals surface area (Å²) in [7, 11) is 1.18. The highest BCUT2D eigenvalue weighted by Crippen LogP contribution is 2.27. The van der Waals surface area contributed by atoms with Crippen LogP contribution in [0.2, 0.25) is 0 Å². The number of hydrogen-bond donors (Lipinski definition) is 2. The highest BCUT2D eigenvalue weighted by Gasteiger charge is 2.35. The molecule has 0 aliphatic carbocycles. The lowest BCUT2D eigenvalue weighted by molar-refractivity contribution is -0.136. The minimum atomic E-state index is -0.712. The van der Waals surface area contributed by atoms with Crippen LogP contribution in [-0.4, -0.2) is 48.7 Å². The van der Waals surface area contributed by atoms with E-state index in [0.717, 1.165) is 0 Å². The maximum Gasteiger partial charge on any atom is 0.337 e. The number of esters is 1. The van der Waals surface area contributed by atoms with Gasteiger partial charge in [-0.3, -0.25) is 4.79 Å². The molecular formula is C15H13FIN3O4. The summed E-state index contributed by atoms with van der Waals surface area (Å²) in [6.45, 7) is -0.269. The average molecular weight is 445 g/mol. The second-order valence-corrected chi connectivity index (χ2v) is 5.98. The number of nitrogens with zero attached hydrogens (tertiary/aromatic N) is 2. The van der Waals surface area contributed by atoms with Crippen LogP contribution in [0.4, 0.5) is 10.1 Å². The van der Waals surface area contributed by atoms with Gasteiger partial charge >= 0.3 is 5.97 Å². The first-order chi connectivity index (χ1) is 11.4. The van der Waals surface area contributed by atoms with Gasteiger partial charge in [-0.2, -0.15) is 5.26 Å². The summed E-state index contributed by atoms with van der Waals surface area (Å²) in [5, 5.41) is 20.8. The number of amides is 1. The zero-order chi connectivity index (χ0) is 17.9. The van der Waals surface area contributed by atoms with Crippen molar-refractivity contribution in [1.82, 2.24) is 4.90 Å². The summed E-state index contributed by atoms with van der Waals surface area (Å²) >= 11 is 1.75. The monoisotopic (exact) mass is 445 g/mol. The molecular weight excluding hydrogens is 432 g/mol. The van der Waals surface area contributed by atoms with E-state index in [0.29, 0.717) is 0 Å². The van der Waals surface area contributed by atoms with Gasteiger partial charge in [0.15, 0.2) is 5.82 Å². The number of hydrogen-bond acceptors (Lipinski definition) is 6. The fourth-order valence-corrected chi connectivity index (χ4v) is 2.70. The SMILES string of the molecule is COC(=O)C1=C(Nc2ccc(I)c(F)c2C#N)C(=O)N(CCO)C1. The zero-order valence-electron chi connectivity index (χ0n) is 12.6. The van der Waals surface area contributed by atoms with Gasteiger partial charge in [0.2, 0.25) is 0 Å². The van der Waals surface area contributed by atoms with E-state index < -0.39 is 17.7 Å². The van der Waals surface area contributed by atoms with Crippen molar-refractivity contribution in [2.75, 3.05) is 32.1 Å². The van der Waals surface area contributed by atoms with Crippen LogP contribution in [0.5, 0.6) is 0 Å². The molecule has 0 fully saturated rings. The van der Waals surface area contributed by atoms with Crippen molar-refractivity contribution < 1.29 is 23.8 Å². The lowest BCUT2D eigenvalue weighted by atomic mass is 10.1. The van der Waals surface area contributed by atoms with Gasteiger partial charge in [-0.1, -0.05) is 0 Å². The number of nitriles is 1. The Morgan fingerprint density at radius 3 is 2.88 bits per heavy atom. The van der Waals surface area contributed by atoms with Gasteiger partial charge in [0.1, 0.15) is 17.3 Å². The quantitative estimate of drug-likeness (QED) is 0.518. The molecule has 0 bridgehead atoms. The molecule has 126 valence electrons. The fourth-order valence-electron chi connectivity index (χ4n) is 2.25. The highest BCUT2D eigenvalue weighted by atomic mass is 127. The first-order valence-corrected chi connectivity index (χ1v) is 7.89. The molecule has 1 aliphatic rings. The minimum Gasteiger partial charge on any atom is -0.466 e. The van der Waals surface area contributed by atoms with E-state index in [1.807, 2.05) is 0 Å². The number of nitrogens with one attached hydrogen (secondary N) is 1. The van der Waals surface area contributed by atoms with Crippen molar-refractivity contribution in [1.29, 1.82) is 5.26 Å². The number of methoxy groups -OCH3 is 1. The van der Waals surface area contributed by atoms with E-state index in [1.54, 1.807) is 28.7 Å². The molecule has 0 spiro atoms. The molecule has 24 heavy (non-hydrogen) atoms. The molecule has 0 saturated heterocycles. The van der Waals surface area contributed by atoms with E-state index >= 15 is 0 Å². The lowest BCUT2D eigenvalue weighted by Gasteiger charge is -2.15. The fraction of sp³-hybridized carbons (Fsp3) is 0.267. The second-order valence-electron chi connectivity index (χ2n) is 4.82. The van der Waals surface area contributed by atoms with Gasteiger partial charge in [0, 0.05) is 6.54 Å². The average Bonchev–Trinajstić information content (AvgIpc) is 2.87. The molecule has 2 rings (SSSR count). The first kappa shape index (κ1) is 18.2. The van der Waals surface area contributed by atoms with Crippen LogP contribution in [-0.2, 0) is 14.3 Å². The van der Waals surface area contributed by atoms with Crippen molar-refractivity contribution in [3.05, 3.63) is 38.4 Å². The Bertz CT molecular complexity index is 773. The lowest BCUT2D eigenvalue weighted by Crippen LogP contribution is -2.31. The number of carbonyl (C=O) groups excluding carboxylic acids is 2. The Kier molecular flexibility index (Phi) is 5.74. The predicted molar refractivity (Wildman–Crippen MR) is 90.2 cm³/mol. The number of β-amino-alcohol motifs (C(OH)–C–C–N with tert-alkyl or cyclic N) is 1. The Morgan fingerprint density at radius 1 is 1.58 bits per heavy atom. The minimum absolute atomic E-state index is 0.0384. The van der Waals surface area contributed by atoms with Crippen molar-refractivity contribution in [3.63, 3.8) is 0 Å². The number of benzene rings is 1. The summed E-state index contributed by atoms with van der Waals surface area (Å²) in [4.78, 5) is 25.5. The smallest absolute Gasteiger partial charge is 0.337 e. The standard InChI is InChI=1S/C15H13FIN3O4/c1-24-15(23)9-7-20(4-5-21)14(22)13(9)19-11-3-2-10(17)12(16)8(11)6-18/h2-3,19,21H,4-5,7H2,1H3. The molecule has 0 radical (unpaired) electrons. The highest BCUT2D eigenvalue weighted by molar-refractivity contribution is 14.1. The number of aliphatic hydroxyl groups excluding tert-OH is 1. The van der Waals surface area contributed by atoms with Gasteiger partial charge in [0.05, 0.1) is 35.1 Å². The van der Waals surface area contributed by atoms with Gasteiger partial charge in [-0.15, -0.1) is 0 Å². The van der Waals surface area contributed by atoms with Crippen LogP contribution in [0.15, 0.2) is 23.4 Å². The molecule has 0 aromatic heterocycles. The summed E-state index contributed by atoms with van der Waals surface area (Å²) in [5.41, 5.74) is -0.218. The van der Waals surface area contributed by atoms with Crippen molar-refractivity contribution in [2.45, 2.75) is 0 Å². The molecule has 1 heterocycles. The number of aliphatic hydroxyl groups is 1. The number of ether oxygens (including phenoxy) is 1. The summed E-state index contributed by atoms with van der Waals surface area (Å²) in [6.07, 6.45) is 0. The molecule has 1 aromatic carbocycles. The van der Waals surface area contributed by atoms with Gasteiger partial charge < -0.3 is 20.1 Å². The number of carbonyl (C=O) groups is 2. The van der Waals surface area contributed by atoms with E-state index in [2.05, 4.69) is 10.1 Å². The molecule has 9 heteroatoms. The molecule has 1 amide bonds. The summed E-state index contributed by atoms with van der Waals surface area (Å²) in [5.74, 6) is -1.95. The number of rotatable bonds is 5. The van der Waals surface area contributed by atoms with Crippen LogP contribution < -0.4 is 5.32 Å². The normalized spacial score (nSPS) is 14.0. The van der Waals surface area contributed by atoms with Crippen LogP contribution in [0.1, 0.15) is 5.56 Å². The molecule has 7 nitrogen and oxygen atoms in total. The molecule has 0 unspecified atom stereocenters. The molecule has 0 atom stereocenters. The number of halogens is 2. The Labute approximate surface area is 150 Å². The van der Waals surface area contributed by atoms with Gasteiger partial charge in [-0.25, -0.2) is 9.18 Å². The summed E-state index contributed by atoms with van der Waals surface area (Å²) < 4.78 is 19.0. The van der Waals surface area contributed by atoms with E-state index in [-0.39, 0.29) is 45.8 Å². The second kappa shape index (κ2) is 7.59. The van der Waals surface area contributed by atoms with E-state index in [4.69, 9.17) is 10.4 Å². The maximum atomic E-state index is 14.0. The molecule has 2 N–H and O–H groups in total. The van der Waals surface area contributed by atoms with Crippen LogP contribution in [0.25, 0.3) is 0 Å². The third kappa shape index (κ3) is 3.34. The van der Waals surface area contributed by atoms with Crippen LogP contribution in [0, 0.1) is 20.7 Å². The Hall–Kier alpha value is -2.19. The van der Waals surface area contributed by atoms with Gasteiger partial charge in [0.25, 0.3) is 5.91 Å². The third-order valence-electron chi connectivity index (χ3n) is 3.42.